The molecular formula is C6H9NOS. The number of carbonyl (C=O) groups is 1. The Morgan fingerprint density at radius 3 is 2.78 bits per heavy atom. The molecule has 0 unspecified atom stereocenters. The highest BCUT2D eigenvalue weighted by Gasteiger charge is 1.90. The van der Waals surface area contributed by atoms with E-state index < -0.39 is 0 Å². The van der Waals surface area contributed by atoms with Crippen LogP contribution in [0, 0.1) is 0 Å². The molecule has 0 aliphatic rings. The van der Waals surface area contributed by atoms with Crippen molar-refractivity contribution in [3.8, 4) is 0 Å². The Kier molecular flexibility index (Phi) is 3.88. The van der Waals surface area contributed by atoms with Crippen LogP contribution in [0.15, 0.2) is 12.7 Å². The number of amides is 1. The molecule has 0 radical (unpaired) electrons. The topological polar surface area (TPSA) is 29.1 Å². The Balaban J connectivity index is 3.39. The Labute approximate surface area is 59.9 Å². The van der Waals surface area contributed by atoms with Crippen LogP contribution in [0.2, 0.25) is 0 Å². The van der Waals surface area contributed by atoms with Crippen molar-refractivity contribution in [2.75, 3.05) is 6.54 Å². The van der Waals surface area contributed by atoms with Crippen LogP contribution < -0.4 is 5.32 Å². The summed E-state index contributed by atoms with van der Waals surface area (Å²) in [6.45, 7) is 5.32. The molecular weight excluding hydrogens is 134 g/mol. The fraction of sp³-hybridized carbons (Fsp3) is 0.333. The molecule has 1 amide bonds. The average Bonchev–Trinajstić information content (AvgIpc) is 1.83. The summed E-state index contributed by atoms with van der Waals surface area (Å²) in [7, 11) is 0. The van der Waals surface area contributed by atoms with Gasteiger partial charge in [-0.3, -0.25) is 4.79 Å². The summed E-state index contributed by atoms with van der Waals surface area (Å²) in [5.41, 5.74) is 0. The third-order valence-electron chi connectivity index (χ3n) is 0.739. The molecule has 1 N–H and O–H groups in total. The van der Waals surface area contributed by atoms with Crippen LogP contribution in [-0.2, 0) is 4.79 Å². The van der Waals surface area contributed by atoms with E-state index in [1.165, 1.54) is 6.92 Å². The van der Waals surface area contributed by atoms with E-state index in [0.717, 1.165) is 0 Å². The maximum atomic E-state index is 10.3. The fourth-order valence-corrected chi connectivity index (χ4v) is 0.356. The van der Waals surface area contributed by atoms with E-state index in [9.17, 15) is 4.79 Å². The summed E-state index contributed by atoms with van der Waals surface area (Å²) in [6.07, 6.45) is 1.55. The average molecular weight is 143 g/mol. The number of nitrogens with one attached hydrogen (secondary N) is 1. The fourth-order valence-electron chi connectivity index (χ4n) is 0.284. The van der Waals surface area contributed by atoms with Crippen molar-refractivity contribution in [2.45, 2.75) is 6.92 Å². The molecule has 0 heterocycles. The minimum absolute atomic E-state index is 0.0702. The maximum Gasteiger partial charge on any atom is 0.217 e. The second-order valence-electron chi connectivity index (χ2n) is 1.58. The smallest absolute Gasteiger partial charge is 0.217 e. The predicted octanol–water partition coefficient (Wildman–Crippen LogP) is 0.678. The van der Waals surface area contributed by atoms with Crippen molar-refractivity contribution in [3.05, 3.63) is 12.7 Å². The van der Waals surface area contributed by atoms with Gasteiger partial charge in [-0.1, -0.05) is 24.9 Å². The zero-order chi connectivity index (χ0) is 7.28. The van der Waals surface area contributed by atoms with Crippen molar-refractivity contribution in [1.82, 2.24) is 5.32 Å². The largest absolute Gasteiger partial charge is 0.351 e. The summed E-state index contributed by atoms with van der Waals surface area (Å²) >= 11 is 4.74. The van der Waals surface area contributed by atoms with Crippen molar-refractivity contribution in [1.29, 1.82) is 0 Å². The van der Waals surface area contributed by atoms with Crippen LogP contribution in [-0.4, -0.2) is 17.3 Å². The summed E-state index contributed by atoms with van der Waals surface area (Å²) in [4.78, 5) is 10.9. The third-order valence-corrected chi connectivity index (χ3v) is 1.05. The molecule has 0 aromatic heterocycles. The molecule has 0 saturated carbocycles. The number of carbonyl (C=O) groups excluding carboxylic acids is 1. The molecule has 2 nitrogen and oxygen atoms in total. The quantitative estimate of drug-likeness (QED) is 0.465. The van der Waals surface area contributed by atoms with Gasteiger partial charge in [-0.2, -0.15) is 0 Å². The zero-order valence-electron chi connectivity index (χ0n) is 5.31. The number of rotatable bonds is 3. The summed E-state index contributed by atoms with van der Waals surface area (Å²) in [5.74, 6) is -0.0702. The summed E-state index contributed by atoms with van der Waals surface area (Å²) < 4.78 is 0. The van der Waals surface area contributed by atoms with Crippen LogP contribution in [0.3, 0.4) is 0 Å². The van der Waals surface area contributed by atoms with Crippen molar-refractivity contribution >= 4 is 23.0 Å². The molecule has 0 aromatic carbocycles. The van der Waals surface area contributed by atoms with E-state index >= 15 is 0 Å². The highest BCUT2D eigenvalue weighted by atomic mass is 32.1. The predicted molar refractivity (Wildman–Crippen MR) is 41.5 cm³/mol. The number of hydrogen-bond acceptors (Lipinski definition) is 2. The van der Waals surface area contributed by atoms with Gasteiger partial charge in [0.2, 0.25) is 5.91 Å². The van der Waals surface area contributed by atoms with E-state index in [4.69, 9.17) is 12.2 Å². The summed E-state index contributed by atoms with van der Waals surface area (Å²) in [6, 6.07) is 0. The Morgan fingerprint density at radius 1 is 1.89 bits per heavy atom. The Hall–Kier alpha value is -0.700. The molecule has 9 heavy (non-hydrogen) atoms. The molecule has 0 atom stereocenters. The van der Waals surface area contributed by atoms with Gasteiger partial charge in [0.1, 0.15) is 0 Å². The van der Waals surface area contributed by atoms with Gasteiger partial charge in [0.05, 0.1) is 6.54 Å². The van der Waals surface area contributed by atoms with Crippen LogP contribution in [0.4, 0.5) is 0 Å². The molecule has 0 fully saturated rings. The molecule has 50 valence electrons. The number of hydrogen-bond donors (Lipinski definition) is 1. The first kappa shape index (κ1) is 8.30. The van der Waals surface area contributed by atoms with Crippen molar-refractivity contribution in [2.24, 2.45) is 0 Å². The lowest BCUT2D eigenvalue weighted by Crippen LogP contribution is -2.24. The minimum Gasteiger partial charge on any atom is -0.351 e. The first-order valence-electron chi connectivity index (χ1n) is 2.56. The summed E-state index contributed by atoms with van der Waals surface area (Å²) in [5, 5.41) is 2.54. The SMILES string of the molecule is C=CC(=S)CNC(C)=O. The van der Waals surface area contributed by atoms with E-state index in [1.54, 1.807) is 6.08 Å². The molecule has 0 spiro atoms. The Morgan fingerprint density at radius 2 is 2.44 bits per heavy atom. The van der Waals surface area contributed by atoms with E-state index in [-0.39, 0.29) is 5.91 Å². The van der Waals surface area contributed by atoms with Crippen LogP contribution in [0.25, 0.3) is 0 Å². The normalized spacial score (nSPS) is 8.11. The molecule has 0 aromatic rings. The van der Waals surface area contributed by atoms with Gasteiger partial charge < -0.3 is 5.32 Å². The van der Waals surface area contributed by atoms with Crippen molar-refractivity contribution in [3.63, 3.8) is 0 Å². The van der Waals surface area contributed by atoms with Gasteiger partial charge in [0.15, 0.2) is 0 Å². The lowest BCUT2D eigenvalue weighted by molar-refractivity contribution is -0.118. The first-order valence-corrected chi connectivity index (χ1v) is 2.97. The molecule has 0 bridgehead atoms. The van der Waals surface area contributed by atoms with Crippen molar-refractivity contribution < 1.29 is 4.79 Å². The van der Waals surface area contributed by atoms with Gasteiger partial charge in [-0.15, -0.1) is 0 Å². The highest BCUT2D eigenvalue weighted by Crippen LogP contribution is 1.74. The second-order valence-corrected chi connectivity index (χ2v) is 2.10. The lowest BCUT2D eigenvalue weighted by Gasteiger charge is -1.96. The molecule has 3 heteroatoms. The molecule has 0 saturated heterocycles. The van der Waals surface area contributed by atoms with E-state index in [0.29, 0.717) is 11.4 Å². The van der Waals surface area contributed by atoms with Crippen LogP contribution >= 0.6 is 12.2 Å². The van der Waals surface area contributed by atoms with E-state index in [2.05, 4.69) is 11.9 Å². The van der Waals surface area contributed by atoms with Gasteiger partial charge in [-0.05, 0) is 0 Å². The molecule has 0 aliphatic heterocycles. The van der Waals surface area contributed by atoms with Gasteiger partial charge in [-0.25, -0.2) is 0 Å². The van der Waals surface area contributed by atoms with Gasteiger partial charge in [0.25, 0.3) is 0 Å². The highest BCUT2D eigenvalue weighted by molar-refractivity contribution is 7.80. The van der Waals surface area contributed by atoms with E-state index in [1.807, 2.05) is 0 Å². The Bertz CT molecular complexity index is 142. The van der Waals surface area contributed by atoms with Crippen LogP contribution in [0.1, 0.15) is 6.92 Å². The third kappa shape index (κ3) is 5.17. The van der Waals surface area contributed by atoms with Crippen LogP contribution in [0.5, 0.6) is 0 Å². The van der Waals surface area contributed by atoms with Gasteiger partial charge >= 0.3 is 0 Å². The monoisotopic (exact) mass is 143 g/mol. The zero-order valence-corrected chi connectivity index (χ0v) is 6.12. The molecule has 0 rings (SSSR count). The minimum atomic E-state index is -0.0702. The lowest BCUT2D eigenvalue weighted by atomic mass is 10.4. The van der Waals surface area contributed by atoms with Gasteiger partial charge in [0, 0.05) is 11.8 Å². The maximum absolute atomic E-state index is 10.3. The number of thiocarbonyl (C=S) groups is 1. The second kappa shape index (κ2) is 4.21. The molecule has 0 aliphatic carbocycles. The standard InChI is InChI=1S/C6H9NOS/c1-3-6(9)4-7-5(2)8/h3H,1,4H2,2H3,(H,7,8). The first-order chi connectivity index (χ1) is 4.16.